The topological polar surface area (TPSA) is 118 Å². The Morgan fingerprint density at radius 1 is 1.29 bits per heavy atom. The first-order valence-electron chi connectivity index (χ1n) is 8.63. The predicted octanol–water partition coefficient (Wildman–Crippen LogP) is 1.86. The lowest BCUT2D eigenvalue weighted by Gasteiger charge is -2.27. The van der Waals surface area contributed by atoms with E-state index in [-0.39, 0.29) is 17.9 Å². The molecule has 0 aliphatic heterocycles. The third-order valence-electron chi connectivity index (χ3n) is 4.07. The highest BCUT2D eigenvalue weighted by Gasteiger charge is 2.27. The van der Waals surface area contributed by atoms with Crippen LogP contribution in [0.25, 0.3) is 5.57 Å². The number of aromatic nitrogens is 1. The maximum absolute atomic E-state index is 12.7. The van der Waals surface area contributed by atoms with E-state index in [9.17, 15) is 15.0 Å². The third-order valence-corrected chi connectivity index (χ3v) is 4.44. The summed E-state index contributed by atoms with van der Waals surface area (Å²) in [6.07, 6.45) is 1.50. The average Bonchev–Trinajstić information content (AvgIpc) is 2.67. The molecule has 0 aliphatic carbocycles. The molecule has 0 atom stereocenters. The van der Waals surface area contributed by atoms with Crippen LogP contribution in [0.4, 0.5) is 0 Å². The van der Waals surface area contributed by atoms with E-state index in [1.807, 2.05) is 18.2 Å². The Bertz CT molecular complexity index is 862. The van der Waals surface area contributed by atoms with Crippen LogP contribution in [-0.2, 0) is 11.4 Å². The lowest BCUT2D eigenvalue weighted by atomic mass is 10.0. The number of amides is 1. The molecule has 0 spiro atoms. The van der Waals surface area contributed by atoms with Gasteiger partial charge < -0.3 is 26.0 Å². The van der Waals surface area contributed by atoms with Gasteiger partial charge in [0, 0.05) is 28.5 Å². The maximum Gasteiger partial charge on any atom is 0.255 e. The van der Waals surface area contributed by atoms with Gasteiger partial charge in [0.2, 0.25) is 0 Å². The van der Waals surface area contributed by atoms with Crippen molar-refractivity contribution in [3.05, 3.63) is 64.6 Å². The average molecular weight is 406 g/mol. The Morgan fingerprint density at radius 3 is 2.57 bits per heavy atom. The second-order valence-electron chi connectivity index (χ2n) is 6.65. The number of nitrogens with zero attached hydrogens (tertiary/aromatic N) is 1. The van der Waals surface area contributed by atoms with Crippen LogP contribution in [0.15, 0.2) is 48.3 Å². The number of hydrogen-bond acceptors (Lipinski definition) is 6. The summed E-state index contributed by atoms with van der Waals surface area (Å²) in [4.78, 5) is 16.9. The number of allylic oxidation sites excluding steroid dienone is 1. The van der Waals surface area contributed by atoms with E-state index in [1.54, 1.807) is 25.1 Å². The number of aliphatic hydroxyl groups is 2. The van der Waals surface area contributed by atoms with Crippen molar-refractivity contribution in [3.63, 3.8) is 0 Å². The van der Waals surface area contributed by atoms with Crippen molar-refractivity contribution in [3.8, 4) is 5.75 Å². The molecule has 2 aromatic rings. The summed E-state index contributed by atoms with van der Waals surface area (Å²) < 4.78 is 5.77. The van der Waals surface area contributed by atoms with Gasteiger partial charge in [-0.2, -0.15) is 0 Å². The molecule has 0 saturated heterocycles. The van der Waals surface area contributed by atoms with Gasteiger partial charge in [0.1, 0.15) is 12.4 Å². The van der Waals surface area contributed by atoms with Crippen LogP contribution in [0.5, 0.6) is 5.75 Å². The summed E-state index contributed by atoms with van der Waals surface area (Å²) in [5.74, 6) is -0.0649. The zero-order valence-electron chi connectivity index (χ0n) is 15.8. The number of aliphatic hydroxyl groups excluding tert-OH is 2. The van der Waals surface area contributed by atoms with Gasteiger partial charge in [-0.3, -0.25) is 9.78 Å². The summed E-state index contributed by atoms with van der Waals surface area (Å²) in [5.41, 5.74) is 6.23. The summed E-state index contributed by atoms with van der Waals surface area (Å²) in [6.45, 7) is 2.48. The number of halogens is 1. The first kappa shape index (κ1) is 21.7. The minimum Gasteiger partial charge on any atom is -0.489 e. The van der Waals surface area contributed by atoms with Crippen LogP contribution in [0.3, 0.4) is 0 Å². The van der Waals surface area contributed by atoms with Gasteiger partial charge in [-0.15, -0.1) is 0 Å². The molecule has 8 heteroatoms. The molecule has 0 radical (unpaired) electrons. The predicted molar refractivity (Wildman–Crippen MR) is 108 cm³/mol. The van der Waals surface area contributed by atoms with Gasteiger partial charge in [0.05, 0.1) is 30.0 Å². The van der Waals surface area contributed by atoms with Crippen LogP contribution in [-0.4, -0.2) is 39.9 Å². The highest BCUT2D eigenvalue weighted by atomic mass is 35.5. The Hall–Kier alpha value is -2.61. The van der Waals surface area contributed by atoms with Crippen molar-refractivity contribution in [2.75, 3.05) is 13.2 Å². The number of nitrogens with two attached hydrogens (primary N) is 1. The fraction of sp³-hybridized carbons (Fsp3) is 0.300. The summed E-state index contributed by atoms with van der Waals surface area (Å²) in [7, 11) is 0. The summed E-state index contributed by atoms with van der Waals surface area (Å²) in [6, 6.07) is 10.6. The second kappa shape index (κ2) is 9.54. The molecule has 1 amide bonds. The summed E-state index contributed by atoms with van der Waals surface area (Å²) in [5, 5.41) is 22.0. The number of carbonyl (C=O) groups excluding carboxylic acids is 1. The standard InChI is InChI=1S/C20H24ClN3O4/c1-13(22)18(19(27)24-20(2,11-25)12-26)17-9-15(7-8-23-17)28-10-14-5-3-4-6-16(14)21/h3-9,25-26H,10-12,22H2,1-2H3,(H,24,27)/b18-13+. The van der Waals surface area contributed by atoms with E-state index in [4.69, 9.17) is 22.1 Å². The largest absolute Gasteiger partial charge is 0.489 e. The third kappa shape index (κ3) is 5.45. The molecule has 0 fully saturated rings. The fourth-order valence-corrected chi connectivity index (χ4v) is 2.57. The Labute approximate surface area is 168 Å². The van der Waals surface area contributed by atoms with Gasteiger partial charge in [-0.25, -0.2) is 0 Å². The highest BCUT2D eigenvalue weighted by Crippen LogP contribution is 2.23. The molecule has 28 heavy (non-hydrogen) atoms. The Balaban J connectivity index is 2.22. The molecule has 1 aromatic heterocycles. The van der Waals surface area contributed by atoms with Crippen LogP contribution in [0.2, 0.25) is 5.02 Å². The zero-order chi connectivity index (χ0) is 20.7. The van der Waals surface area contributed by atoms with E-state index < -0.39 is 24.7 Å². The van der Waals surface area contributed by atoms with E-state index in [0.717, 1.165) is 5.56 Å². The molecule has 2 rings (SSSR count). The molecule has 7 nitrogen and oxygen atoms in total. The molecule has 5 N–H and O–H groups in total. The summed E-state index contributed by atoms with van der Waals surface area (Å²) >= 11 is 6.13. The normalized spacial score (nSPS) is 12.3. The van der Waals surface area contributed by atoms with E-state index >= 15 is 0 Å². The van der Waals surface area contributed by atoms with E-state index in [1.165, 1.54) is 13.1 Å². The smallest absolute Gasteiger partial charge is 0.255 e. The van der Waals surface area contributed by atoms with Gasteiger partial charge in [0.25, 0.3) is 5.91 Å². The van der Waals surface area contributed by atoms with Crippen molar-refractivity contribution >= 4 is 23.1 Å². The van der Waals surface area contributed by atoms with Crippen molar-refractivity contribution in [1.82, 2.24) is 10.3 Å². The first-order chi connectivity index (χ1) is 13.3. The Kier molecular flexibility index (Phi) is 7.39. The first-order valence-corrected chi connectivity index (χ1v) is 9.00. The SMILES string of the molecule is C/C(N)=C(\C(=O)NC(C)(CO)CO)c1cc(OCc2ccccc2Cl)ccn1. The minimum absolute atomic E-state index is 0.135. The number of nitrogens with one attached hydrogen (secondary N) is 1. The van der Waals surface area contributed by atoms with E-state index in [2.05, 4.69) is 10.3 Å². The molecule has 0 aliphatic rings. The lowest BCUT2D eigenvalue weighted by Crippen LogP contribution is -2.52. The fourth-order valence-electron chi connectivity index (χ4n) is 2.38. The molecule has 1 aromatic carbocycles. The van der Waals surface area contributed by atoms with Crippen molar-refractivity contribution in [2.24, 2.45) is 5.73 Å². The van der Waals surface area contributed by atoms with Crippen molar-refractivity contribution in [2.45, 2.75) is 26.0 Å². The van der Waals surface area contributed by atoms with E-state index in [0.29, 0.717) is 16.5 Å². The zero-order valence-corrected chi connectivity index (χ0v) is 16.5. The van der Waals surface area contributed by atoms with Gasteiger partial charge in [0.15, 0.2) is 0 Å². The lowest BCUT2D eigenvalue weighted by molar-refractivity contribution is -0.118. The number of ether oxygens (including phenoxy) is 1. The van der Waals surface area contributed by atoms with Crippen LogP contribution < -0.4 is 15.8 Å². The van der Waals surface area contributed by atoms with Crippen molar-refractivity contribution in [1.29, 1.82) is 0 Å². The number of benzene rings is 1. The second-order valence-corrected chi connectivity index (χ2v) is 7.05. The molecular formula is C20H24ClN3O4. The molecule has 1 heterocycles. The maximum atomic E-state index is 12.7. The molecular weight excluding hydrogens is 382 g/mol. The number of pyridine rings is 1. The molecule has 0 saturated carbocycles. The number of hydrogen-bond donors (Lipinski definition) is 4. The highest BCUT2D eigenvalue weighted by molar-refractivity contribution is 6.31. The number of rotatable bonds is 8. The molecule has 0 unspecified atom stereocenters. The van der Waals surface area contributed by atoms with Gasteiger partial charge in [-0.05, 0) is 26.0 Å². The Morgan fingerprint density at radius 2 is 1.96 bits per heavy atom. The molecule has 150 valence electrons. The quantitative estimate of drug-likeness (QED) is 0.498. The van der Waals surface area contributed by atoms with Crippen LogP contribution in [0.1, 0.15) is 25.1 Å². The monoisotopic (exact) mass is 405 g/mol. The van der Waals surface area contributed by atoms with Crippen LogP contribution in [0, 0.1) is 0 Å². The number of carbonyl (C=O) groups is 1. The van der Waals surface area contributed by atoms with Gasteiger partial charge in [-0.1, -0.05) is 29.8 Å². The van der Waals surface area contributed by atoms with Gasteiger partial charge >= 0.3 is 0 Å². The molecule has 0 bridgehead atoms. The van der Waals surface area contributed by atoms with Crippen molar-refractivity contribution < 1.29 is 19.7 Å². The minimum atomic E-state index is -1.18. The van der Waals surface area contributed by atoms with Crippen LogP contribution >= 0.6 is 11.6 Å².